The van der Waals surface area contributed by atoms with E-state index in [1.54, 1.807) is 0 Å². The topological polar surface area (TPSA) is 76.6 Å². The number of anilines is 1. The second kappa shape index (κ2) is 6.88. The number of nitrogens with one attached hydrogen (secondary N) is 1. The first-order valence-corrected chi connectivity index (χ1v) is 9.18. The zero-order valence-corrected chi connectivity index (χ0v) is 14.7. The zero-order chi connectivity index (χ0) is 17.3. The lowest BCUT2D eigenvalue weighted by atomic mass is 9.94. The molecule has 7 nitrogen and oxygen atoms in total. The number of hydrogen-bond acceptors (Lipinski definition) is 6. The van der Waals surface area contributed by atoms with Crippen LogP contribution in [0.15, 0.2) is 12.1 Å². The summed E-state index contributed by atoms with van der Waals surface area (Å²) < 4.78 is 11.9. The van der Waals surface area contributed by atoms with Gasteiger partial charge in [0.2, 0.25) is 5.91 Å². The Kier molecular flexibility index (Phi) is 4.60. The number of aromatic nitrogens is 2. The monoisotopic (exact) mass is 346 g/mol. The first kappa shape index (κ1) is 16.7. The Balaban J connectivity index is 1.34. The van der Waals surface area contributed by atoms with Gasteiger partial charge in [0, 0.05) is 24.9 Å². The SMILES string of the molecule is Cc1ccc(NC[C@@H]2CO[C@]3(COCCN(C(=O)C4CC4)C3)C2)nn1. The molecule has 1 spiro atoms. The molecule has 1 aromatic rings. The maximum absolute atomic E-state index is 12.5. The predicted octanol–water partition coefficient (Wildman–Crippen LogP) is 1.24. The van der Waals surface area contributed by atoms with E-state index in [9.17, 15) is 4.79 Å². The van der Waals surface area contributed by atoms with Crippen LogP contribution in [-0.2, 0) is 14.3 Å². The van der Waals surface area contributed by atoms with E-state index >= 15 is 0 Å². The molecule has 136 valence electrons. The molecule has 0 radical (unpaired) electrons. The molecule has 2 aliphatic heterocycles. The average molecular weight is 346 g/mol. The minimum atomic E-state index is -0.355. The van der Waals surface area contributed by atoms with Gasteiger partial charge in [0.1, 0.15) is 11.4 Å². The van der Waals surface area contributed by atoms with Crippen LogP contribution in [0, 0.1) is 18.8 Å². The summed E-state index contributed by atoms with van der Waals surface area (Å²) >= 11 is 0. The smallest absolute Gasteiger partial charge is 0.225 e. The summed E-state index contributed by atoms with van der Waals surface area (Å²) in [6.07, 6.45) is 2.97. The van der Waals surface area contributed by atoms with Gasteiger partial charge < -0.3 is 19.7 Å². The number of rotatable bonds is 4. The highest BCUT2D eigenvalue weighted by Crippen LogP contribution is 2.36. The van der Waals surface area contributed by atoms with Crippen LogP contribution in [-0.4, -0.2) is 66.1 Å². The lowest BCUT2D eigenvalue weighted by Crippen LogP contribution is -2.46. The van der Waals surface area contributed by atoms with Gasteiger partial charge in [-0.15, -0.1) is 5.10 Å². The fourth-order valence-corrected chi connectivity index (χ4v) is 3.70. The minimum Gasteiger partial charge on any atom is -0.377 e. The van der Waals surface area contributed by atoms with Gasteiger partial charge in [0.25, 0.3) is 0 Å². The number of carbonyl (C=O) groups excluding carboxylic acids is 1. The summed E-state index contributed by atoms with van der Waals surface area (Å²) in [4.78, 5) is 14.4. The van der Waals surface area contributed by atoms with Crippen molar-refractivity contribution in [3.05, 3.63) is 17.8 Å². The summed E-state index contributed by atoms with van der Waals surface area (Å²) in [6.45, 7) is 5.91. The Labute approximate surface area is 148 Å². The largest absolute Gasteiger partial charge is 0.377 e. The van der Waals surface area contributed by atoms with E-state index in [0.717, 1.165) is 37.3 Å². The zero-order valence-electron chi connectivity index (χ0n) is 14.7. The Morgan fingerprint density at radius 1 is 1.40 bits per heavy atom. The Morgan fingerprint density at radius 2 is 2.28 bits per heavy atom. The molecule has 0 unspecified atom stereocenters. The fourth-order valence-electron chi connectivity index (χ4n) is 3.70. The summed E-state index contributed by atoms with van der Waals surface area (Å²) in [6, 6.07) is 3.89. The molecule has 3 aliphatic rings. The number of hydrogen-bond donors (Lipinski definition) is 1. The third-order valence-electron chi connectivity index (χ3n) is 5.24. The van der Waals surface area contributed by atoms with Crippen molar-refractivity contribution in [2.45, 2.75) is 31.8 Å². The van der Waals surface area contributed by atoms with Gasteiger partial charge in [-0.2, -0.15) is 5.10 Å². The lowest BCUT2D eigenvalue weighted by Gasteiger charge is -2.31. The van der Waals surface area contributed by atoms with Gasteiger partial charge >= 0.3 is 0 Å². The van der Waals surface area contributed by atoms with Crippen molar-refractivity contribution >= 4 is 11.7 Å². The molecule has 1 aromatic heterocycles. The summed E-state index contributed by atoms with van der Waals surface area (Å²) in [5.74, 6) is 1.69. The van der Waals surface area contributed by atoms with E-state index in [1.165, 1.54) is 0 Å². The van der Waals surface area contributed by atoms with Gasteiger partial charge in [-0.3, -0.25) is 4.79 Å². The van der Waals surface area contributed by atoms with Gasteiger partial charge in [-0.05, 0) is 38.3 Å². The van der Waals surface area contributed by atoms with Crippen LogP contribution in [0.1, 0.15) is 25.0 Å². The molecule has 1 saturated carbocycles. The normalized spacial score (nSPS) is 29.6. The lowest BCUT2D eigenvalue weighted by molar-refractivity contribution is -0.135. The molecule has 4 rings (SSSR count). The third kappa shape index (κ3) is 3.93. The number of carbonyl (C=O) groups is 1. The van der Waals surface area contributed by atoms with Crippen LogP contribution in [0.3, 0.4) is 0 Å². The summed E-state index contributed by atoms with van der Waals surface area (Å²) in [7, 11) is 0. The van der Waals surface area contributed by atoms with Crippen molar-refractivity contribution in [2.75, 3.05) is 44.8 Å². The number of aryl methyl sites for hydroxylation is 1. The Morgan fingerprint density at radius 3 is 3.04 bits per heavy atom. The molecule has 1 amide bonds. The van der Waals surface area contributed by atoms with Crippen molar-refractivity contribution in [3.8, 4) is 0 Å². The molecule has 2 saturated heterocycles. The molecule has 25 heavy (non-hydrogen) atoms. The van der Waals surface area contributed by atoms with Crippen LogP contribution in [0.2, 0.25) is 0 Å². The summed E-state index contributed by atoms with van der Waals surface area (Å²) in [5.41, 5.74) is 0.552. The maximum Gasteiger partial charge on any atom is 0.225 e. The highest BCUT2D eigenvalue weighted by molar-refractivity contribution is 5.81. The number of amides is 1. The predicted molar refractivity (Wildman–Crippen MR) is 92.2 cm³/mol. The van der Waals surface area contributed by atoms with Crippen molar-refractivity contribution in [2.24, 2.45) is 11.8 Å². The Bertz CT molecular complexity index is 619. The van der Waals surface area contributed by atoms with E-state index < -0.39 is 0 Å². The molecule has 2 atom stereocenters. The molecular formula is C18H26N4O3. The average Bonchev–Trinajstić information content (AvgIpc) is 3.41. The van der Waals surface area contributed by atoms with E-state index in [-0.39, 0.29) is 17.4 Å². The number of nitrogens with zero attached hydrogens (tertiary/aromatic N) is 3. The third-order valence-corrected chi connectivity index (χ3v) is 5.24. The maximum atomic E-state index is 12.5. The van der Waals surface area contributed by atoms with Crippen LogP contribution < -0.4 is 5.32 Å². The van der Waals surface area contributed by atoms with E-state index in [4.69, 9.17) is 9.47 Å². The van der Waals surface area contributed by atoms with Crippen molar-refractivity contribution < 1.29 is 14.3 Å². The van der Waals surface area contributed by atoms with Crippen LogP contribution in [0.4, 0.5) is 5.82 Å². The second-order valence-corrected chi connectivity index (χ2v) is 7.59. The minimum absolute atomic E-state index is 0.245. The second-order valence-electron chi connectivity index (χ2n) is 7.59. The van der Waals surface area contributed by atoms with Crippen molar-refractivity contribution in [3.63, 3.8) is 0 Å². The quantitative estimate of drug-likeness (QED) is 0.884. The van der Waals surface area contributed by atoms with Crippen molar-refractivity contribution in [1.82, 2.24) is 15.1 Å². The molecule has 0 aromatic carbocycles. The van der Waals surface area contributed by atoms with Gasteiger partial charge in [0.15, 0.2) is 0 Å². The van der Waals surface area contributed by atoms with Crippen molar-refractivity contribution in [1.29, 1.82) is 0 Å². The first-order chi connectivity index (χ1) is 12.1. The highest BCUT2D eigenvalue weighted by Gasteiger charge is 2.45. The van der Waals surface area contributed by atoms with E-state index in [1.807, 2.05) is 24.0 Å². The molecule has 7 heteroatoms. The fraction of sp³-hybridized carbons (Fsp3) is 0.722. The van der Waals surface area contributed by atoms with E-state index in [2.05, 4.69) is 15.5 Å². The Hall–Kier alpha value is -1.73. The molecule has 3 heterocycles. The van der Waals surface area contributed by atoms with Crippen LogP contribution in [0.5, 0.6) is 0 Å². The molecule has 1 N–H and O–H groups in total. The van der Waals surface area contributed by atoms with Gasteiger partial charge in [-0.25, -0.2) is 0 Å². The molecule has 3 fully saturated rings. The molecule has 0 bridgehead atoms. The standard InChI is InChI=1S/C18H26N4O3/c1-13-2-5-16(21-20-13)19-9-14-8-18(25-10-14)11-22(6-7-24-12-18)17(23)15-3-4-15/h2,5,14-15H,3-4,6-12H2,1H3,(H,19,21)/t14-,18-/m1/s1. The highest BCUT2D eigenvalue weighted by atomic mass is 16.5. The van der Waals surface area contributed by atoms with Crippen LogP contribution >= 0.6 is 0 Å². The van der Waals surface area contributed by atoms with Crippen LogP contribution in [0.25, 0.3) is 0 Å². The molecule has 1 aliphatic carbocycles. The van der Waals surface area contributed by atoms with Gasteiger partial charge in [0.05, 0.1) is 32.1 Å². The van der Waals surface area contributed by atoms with Gasteiger partial charge in [-0.1, -0.05) is 0 Å². The molecular weight excluding hydrogens is 320 g/mol. The summed E-state index contributed by atoms with van der Waals surface area (Å²) in [5, 5.41) is 11.5. The number of ether oxygens (including phenoxy) is 2. The first-order valence-electron chi connectivity index (χ1n) is 9.18. The van der Waals surface area contributed by atoms with E-state index in [0.29, 0.717) is 38.8 Å².